The molecule has 1 aliphatic rings. The van der Waals surface area contributed by atoms with Crippen molar-refractivity contribution in [3.63, 3.8) is 0 Å². The zero-order chi connectivity index (χ0) is 14.8. The van der Waals surface area contributed by atoms with Gasteiger partial charge in [-0.1, -0.05) is 0 Å². The Morgan fingerprint density at radius 3 is 2.95 bits per heavy atom. The molecule has 1 aromatic heterocycles. The molecule has 22 heavy (non-hydrogen) atoms. The van der Waals surface area contributed by atoms with Crippen molar-refractivity contribution in [1.29, 1.82) is 0 Å². The van der Waals surface area contributed by atoms with Crippen LogP contribution in [0.15, 0.2) is 29.6 Å². The molecule has 1 aromatic carbocycles. The summed E-state index contributed by atoms with van der Waals surface area (Å²) in [5.41, 5.74) is 8.29. The van der Waals surface area contributed by atoms with Crippen LogP contribution in [-0.4, -0.2) is 13.0 Å². The Morgan fingerprint density at radius 1 is 1.41 bits per heavy atom. The van der Waals surface area contributed by atoms with Crippen molar-refractivity contribution in [2.24, 2.45) is 0 Å². The average Bonchev–Trinajstić information content (AvgIpc) is 2.95. The molecule has 6 heteroatoms. The molecule has 0 spiro atoms. The number of carbonyl (C=O) groups is 1. The maximum Gasteiger partial charge on any atom is 0.231 e. The molecule has 0 saturated heterocycles. The van der Waals surface area contributed by atoms with E-state index < -0.39 is 0 Å². The van der Waals surface area contributed by atoms with Gasteiger partial charge in [-0.25, -0.2) is 0 Å². The van der Waals surface area contributed by atoms with E-state index in [1.807, 2.05) is 6.07 Å². The fourth-order valence-corrected chi connectivity index (χ4v) is 3.79. The third-order valence-electron chi connectivity index (χ3n) is 3.87. The normalized spacial score (nSPS) is 16.3. The van der Waals surface area contributed by atoms with Crippen molar-refractivity contribution in [2.75, 3.05) is 18.2 Å². The van der Waals surface area contributed by atoms with E-state index in [1.165, 1.54) is 10.4 Å². The summed E-state index contributed by atoms with van der Waals surface area (Å²) < 4.78 is 5.12. The van der Waals surface area contributed by atoms with Crippen molar-refractivity contribution in [1.82, 2.24) is 0 Å². The smallest absolute Gasteiger partial charge is 0.231 e. The number of anilines is 2. The summed E-state index contributed by atoms with van der Waals surface area (Å²) in [6, 6.07) is 7.38. The summed E-state index contributed by atoms with van der Waals surface area (Å²) in [5.74, 6) is 0.605. The molecule has 0 saturated carbocycles. The summed E-state index contributed by atoms with van der Waals surface area (Å²) in [6.07, 6.45) is 3.06. The molecule has 3 rings (SSSR count). The number of aryl methyl sites for hydroxylation is 1. The van der Waals surface area contributed by atoms with Gasteiger partial charge < -0.3 is 15.8 Å². The number of rotatable bonds is 3. The number of hydrogen-bond donors (Lipinski definition) is 2. The van der Waals surface area contributed by atoms with Crippen LogP contribution < -0.4 is 15.8 Å². The van der Waals surface area contributed by atoms with Crippen LogP contribution in [0.5, 0.6) is 5.75 Å². The van der Waals surface area contributed by atoms with Crippen molar-refractivity contribution in [3.8, 4) is 5.75 Å². The second-order valence-electron chi connectivity index (χ2n) is 5.19. The van der Waals surface area contributed by atoms with Crippen LogP contribution in [0.2, 0.25) is 0 Å². The third kappa shape index (κ3) is 3.20. The molecule has 3 N–H and O–H groups in total. The van der Waals surface area contributed by atoms with Gasteiger partial charge in [0.05, 0.1) is 18.7 Å². The lowest BCUT2D eigenvalue weighted by Crippen LogP contribution is -2.23. The molecule has 1 heterocycles. The quantitative estimate of drug-likeness (QED) is 0.836. The van der Waals surface area contributed by atoms with Gasteiger partial charge in [0.1, 0.15) is 5.75 Å². The predicted molar refractivity (Wildman–Crippen MR) is 93.3 cm³/mol. The molecular weight excluding hydrogens is 320 g/mol. The number of nitrogens with one attached hydrogen (secondary N) is 1. The number of ether oxygens (including phenoxy) is 1. The molecule has 4 nitrogen and oxygen atoms in total. The van der Waals surface area contributed by atoms with Gasteiger partial charge in [-0.3, -0.25) is 4.79 Å². The highest BCUT2D eigenvalue weighted by Gasteiger charge is 2.27. The topological polar surface area (TPSA) is 64.3 Å². The number of methoxy groups -OCH3 is 1. The number of halogens is 1. The zero-order valence-corrected chi connectivity index (χ0v) is 13.9. The Kier molecular flexibility index (Phi) is 5.32. The molecule has 1 atom stereocenters. The molecule has 0 aliphatic heterocycles. The molecule has 0 bridgehead atoms. The van der Waals surface area contributed by atoms with Crippen LogP contribution >= 0.6 is 23.7 Å². The first-order valence-electron chi connectivity index (χ1n) is 6.99. The van der Waals surface area contributed by atoms with Crippen LogP contribution in [0.4, 0.5) is 11.4 Å². The molecular formula is C16H19ClN2O2S. The number of amides is 1. The summed E-state index contributed by atoms with van der Waals surface area (Å²) in [6.45, 7) is 0. The van der Waals surface area contributed by atoms with Gasteiger partial charge in [-0.05, 0) is 54.5 Å². The summed E-state index contributed by atoms with van der Waals surface area (Å²) in [4.78, 5) is 13.9. The van der Waals surface area contributed by atoms with Crippen LogP contribution in [0, 0.1) is 0 Å². The van der Waals surface area contributed by atoms with Crippen molar-refractivity contribution >= 4 is 41.0 Å². The molecule has 118 valence electrons. The Balaban J connectivity index is 0.00000176. The Bertz CT molecular complexity index is 672. The monoisotopic (exact) mass is 338 g/mol. The van der Waals surface area contributed by atoms with Crippen LogP contribution in [0.3, 0.4) is 0 Å². The third-order valence-corrected chi connectivity index (χ3v) is 4.86. The Labute approximate surface area is 140 Å². The van der Waals surface area contributed by atoms with E-state index in [9.17, 15) is 4.79 Å². The number of hydrogen-bond acceptors (Lipinski definition) is 4. The van der Waals surface area contributed by atoms with Gasteiger partial charge in [-0.15, -0.1) is 23.7 Å². The minimum atomic E-state index is -0.0525. The van der Waals surface area contributed by atoms with Crippen LogP contribution in [0.25, 0.3) is 0 Å². The molecule has 0 radical (unpaired) electrons. The van der Waals surface area contributed by atoms with Crippen LogP contribution in [-0.2, 0) is 11.2 Å². The lowest BCUT2D eigenvalue weighted by molar-refractivity contribution is -0.117. The summed E-state index contributed by atoms with van der Waals surface area (Å²) in [7, 11) is 1.57. The minimum Gasteiger partial charge on any atom is -0.495 e. The van der Waals surface area contributed by atoms with Gasteiger partial charge in [0.2, 0.25) is 5.91 Å². The molecule has 1 aliphatic carbocycles. The van der Waals surface area contributed by atoms with E-state index in [2.05, 4.69) is 16.8 Å². The second-order valence-corrected chi connectivity index (χ2v) is 6.19. The number of benzene rings is 1. The van der Waals surface area contributed by atoms with Crippen molar-refractivity contribution in [3.05, 3.63) is 40.1 Å². The molecule has 2 aromatic rings. The van der Waals surface area contributed by atoms with E-state index in [0.29, 0.717) is 17.1 Å². The lowest BCUT2D eigenvalue weighted by atomic mass is 9.87. The zero-order valence-electron chi connectivity index (χ0n) is 12.3. The number of fused-ring (bicyclic) bond motifs is 1. The Morgan fingerprint density at radius 2 is 2.23 bits per heavy atom. The largest absolute Gasteiger partial charge is 0.495 e. The first-order valence-corrected chi connectivity index (χ1v) is 7.87. The van der Waals surface area contributed by atoms with Gasteiger partial charge in [0.15, 0.2) is 0 Å². The maximum atomic E-state index is 12.5. The second kappa shape index (κ2) is 7.03. The highest BCUT2D eigenvalue weighted by Crippen LogP contribution is 2.36. The van der Waals surface area contributed by atoms with E-state index in [4.69, 9.17) is 10.5 Å². The van der Waals surface area contributed by atoms with Crippen molar-refractivity contribution in [2.45, 2.75) is 25.2 Å². The first-order chi connectivity index (χ1) is 10.2. The molecule has 0 fully saturated rings. The van der Waals surface area contributed by atoms with Gasteiger partial charge in [0, 0.05) is 10.6 Å². The van der Waals surface area contributed by atoms with E-state index >= 15 is 0 Å². The highest BCUT2D eigenvalue weighted by atomic mass is 35.5. The van der Waals surface area contributed by atoms with Gasteiger partial charge in [-0.2, -0.15) is 0 Å². The lowest BCUT2D eigenvalue weighted by Gasteiger charge is -2.22. The predicted octanol–water partition coefficient (Wildman–Crippen LogP) is 3.82. The highest BCUT2D eigenvalue weighted by molar-refractivity contribution is 7.10. The number of nitrogens with two attached hydrogens (primary N) is 1. The summed E-state index contributed by atoms with van der Waals surface area (Å²) >= 11 is 1.74. The number of nitrogen functional groups attached to an aromatic ring is 1. The first kappa shape index (κ1) is 16.6. The van der Waals surface area contributed by atoms with Crippen molar-refractivity contribution < 1.29 is 9.53 Å². The fourth-order valence-electron chi connectivity index (χ4n) is 2.80. The fraction of sp³-hybridized carbons (Fsp3) is 0.312. The Hall–Kier alpha value is -1.72. The number of thiophene rings is 1. The average molecular weight is 339 g/mol. The van der Waals surface area contributed by atoms with Gasteiger partial charge >= 0.3 is 0 Å². The van der Waals surface area contributed by atoms with E-state index in [0.717, 1.165) is 19.3 Å². The SMILES string of the molecule is COc1ccc(NC(=O)C2CCCc3sccc32)cc1N.Cl. The van der Waals surface area contributed by atoms with E-state index in [-0.39, 0.29) is 24.2 Å². The number of carbonyl (C=O) groups excluding carboxylic acids is 1. The summed E-state index contributed by atoms with van der Waals surface area (Å²) in [5, 5.41) is 5.04. The maximum absolute atomic E-state index is 12.5. The standard InChI is InChI=1S/C16H18N2O2S.ClH/c1-20-14-6-5-10(9-13(14)17)18-16(19)12-3-2-4-15-11(12)7-8-21-15;/h5-9,12H,2-4,17H2,1H3,(H,18,19);1H. The van der Waals surface area contributed by atoms with E-state index in [1.54, 1.807) is 30.6 Å². The van der Waals surface area contributed by atoms with Gasteiger partial charge in [0.25, 0.3) is 0 Å². The molecule has 1 unspecified atom stereocenters. The van der Waals surface area contributed by atoms with Crippen LogP contribution in [0.1, 0.15) is 29.2 Å². The molecule has 1 amide bonds. The minimum absolute atomic E-state index is 0.